The Balaban J connectivity index is 1.43. The lowest BCUT2D eigenvalue weighted by atomic mass is 10.2. The second-order valence-electron chi connectivity index (χ2n) is 5.04. The Morgan fingerprint density at radius 3 is 2.87 bits per heavy atom. The minimum Gasteiger partial charge on any atom is -0.458 e. The summed E-state index contributed by atoms with van der Waals surface area (Å²) >= 11 is 1.53. The molecule has 23 heavy (non-hydrogen) atoms. The number of carbonyl (C=O) groups is 1. The van der Waals surface area contributed by atoms with Gasteiger partial charge in [-0.2, -0.15) is 0 Å². The first-order valence-electron chi connectivity index (χ1n) is 7.13. The van der Waals surface area contributed by atoms with Crippen LogP contribution in [0.5, 0.6) is 0 Å². The molecule has 6 heteroatoms. The van der Waals surface area contributed by atoms with Crippen LogP contribution in [-0.4, -0.2) is 16.1 Å². The lowest BCUT2D eigenvalue weighted by molar-refractivity contribution is -0.144. The summed E-state index contributed by atoms with van der Waals surface area (Å²) in [5.41, 5.74) is 2.18. The van der Waals surface area contributed by atoms with Crippen LogP contribution >= 0.6 is 11.3 Å². The average molecular weight is 324 g/mol. The lowest BCUT2D eigenvalue weighted by Gasteiger charge is -2.00. The van der Waals surface area contributed by atoms with Crippen LogP contribution < -0.4 is 0 Å². The number of thiazole rings is 1. The third-order valence-electron chi connectivity index (χ3n) is 3.46. The highest BCUT2D eigenvalue weighted by atomic mass is 32.1. The van der Waals surface area contributed by atoms with E-state index in [0.29, 0.717) is 11.3 Å². The quantitative estimate of drug-likeness (QED) is 0.535. The molecule has 0 unspecified atom stereocenters. The van der Waals surface area contributed by atoms with Gasteiger partial charge in [0.25, 0.3) is 0 Å². The van der Waals surface area contributed by atoms with Crippen LogP contribution in [0.3, 0.4) is 0 Å². The number of rotatable bonds is 4. The Kier molecular flexibility index (Phi) is 3.51. The van der Waals surface area contributed by atoms with Crippen molar-refractivity contribution in [1.82, 2.24) is 10.1 Å². The van der Waals surface area contributed by atoms with Gasteiger partial charge in [-0.1, -0.05) is 29.4 Å². The fraction of sp³-hybridized carbons (Fsp3) is 0.118. The van der Waals surface area contributed by atoms with E-state index >= 15 is 0 Å². The molecule has 0 aliphatic rings. The maximum Gasteiger partial charge on any atom is 0.312 e. The molecule has 0 saturated heterocycles. The van der Waals surface area contributed by atoms with E-state index in [0.717, 1.165) is 20.6 Å². The van der Waals surface area contributed by atoms with Crippen molar-refractivity contribution < 1.29 is 14.1 Å². The molecule has 0 spiro atoms. The second-order valence-corrected chi connectivity index (χ2v) is 6.15. The SMILES string of the molecule is O=C(Cc1noc2ccccc12)OCc1nc2ccccc2s1. The van der Waals surface area contributed by atoms with Gasteiger partial charge in [-0.3, -0.25) is 4.79 Å². The van der Waals surface area contributed by atoms with Crippen LogP contribution in [0.25, 0.3) is 21.2 Å². The van der Waals surface area contributed by atoms with E-state index in [4.69, 9.17) is 9.26 Å². The Hall–Kier alpha value is -2.73. The predicted octanol–water partition coefficient (Wildman–Crippen LogP) is 3.72. The summed E-state index contributed by atoms with van der Waals surface area (Å²) in [4.78, 5) is 16.5. The van der Waals surface area contributed by atoms with Gasteiger partial charge in [-0.25, -0.2) is 4.98 Å². The second kappa shape index (κ2) is 5.81. The molecule has 4 rings (SSSR count). The van der Waals surface area contributed by atoms with Gasteiger partial charge >= 0.3 is 5.97 Å². The lowest BCUT2D eigenvalue weighted by Crippen LogP contribution is -2.08. The van der Waals surface area contributed by atoms with Gasteiger partial charge in [-0.15, -0.1) is 11.3 Å². The molecule has 4 aromatic rings. The van der Waals surface area contributed by atoms with Crippen LogP contribution in [0, 0.1) is 0 Å². The Bertz CT molecular complexity index is 957. The van der Waals surface area contributed by atoms with Gasteiger partial charge in [0, 0.05) is 5.39 Å². The predicted molar refractivity (Wildman–Crippen MR) is 87.1 cm³/mol. The van der Waals surface area contributed by atoms with Crippen molar-refractivity contribution in [3.05, 3.63) is 59.2 Å². The van der Waals surface area contributed by atoms with Crippen LogP contribution in [0.2, 0.25) is 0 Å². The number of benzene rings is 2. The van der Waals surface area contributed by atoms with E-state index in [9.17, 15) is 4.79 Å². The average Bonchev–Trinajstić information content (AvgIpc) is 3.17. The summed E-state index contributed by atoms with van der Waals surface area (Å²) < 4.78 is 11.6. The zero-order chi connectivity index (χ0) is 15.6. The normalized spacial score (nSPS) is 11.1. The molecule has 2 aromatic carbocycles. The van der Waals surface area contributed by atoms with Crippen LogP contribution in [0.1, 0.15) is 10.7 Å². The molecule has 0 aliphatic heterocycles. The molecular weight excluding hydrogens is 312 g/mol. The van der Waals surface area contributed by atoms with Gasteiger partial charge < -0.3 is 9.26 Å². The number of hydrogen-bond acceptors (Lipinski definition) is 6. The van der Waals surface area contributed by atoms with Crippen molar-refractivity contribution in [3.63, 3.8) is 0 Å². The molecule has 0 bridgehead atoms. The molecule has 114 valence electrons. The van der Waals surface area contributed by atoms with Crippen molar-refractivity contribution in [1.29, 1.82) is 0 Å². The smallest absolute Gasteiger partial charge is 0.312 e. The summed E-state index contributed by atoms with van der Waals surface area (Å²) in [6.45, 7) is 0.175. The van der Waals surface area contributed by atoms with Crippen LogP contribution in [0.4, 0.5) is 0 Å². The van der Waals surface area contributed by atoms with Gasteiger partial charge in [-0.05, 0) is 24.3 Å². The number of hydrogen-bond donors (Lipinski definition) is 0. The van der Waals surface area contributed by atoms with Crippen LogP contribution in [0.15, 0.2) is 53.1 Å². The minimum absolute atomic E-state index is 0.0852. The molecule has 0 aliphatic carbocycles. The zero-order valence-electron chi connectivity index (χ0n) is 12.1. The number of fused-ring (bicyclic) bond motifs is 2. The molecule has 0 radical (unpaired) electrons. The third kappa shape index (κ3) is 2.80. The molecule has 0 fully saturated rings. The number of esters is 1. The molecule has 0 atom stereocenters. The molecule has 0 saturated carbocycles. The number of aromatic nitrogens is 2. The summed E-state index contributed by atoms with van der Waals surface area (Å²) in [5, 5.41) is 5.56. The molecule has 2 heterocycles. The number of carbonyl (C=O) groups excluding carboxylic acids is 1. The summed E-state index contributed by atoms with van der Waals surface area (Å²) in [6.07, 6.45) is 0.0852. The van der Waals surface area contributed by atoms with E-state index in [2.05, 4.69) is 10.1 Å². The van der Waals surface area contributed by atoms with Crippen molar-refractivity contribution in [3.8, 4) is 0 Å². The van der Waals surface area contributed by atoms with Crippen molar-refractivity contribution in [2.75, 3.05) is 0 Å². The van der Waals surface area contributed by atoms with Gasteiger partial charge in [0.05, 0.1) is 16.6 Å². The summed E-state index contributed by atoms with van der Waals surface area (Å²) in [5.74, 6) is -0.344. The van der Waals surface area contributed by atoms with E-state index in [-0.39, 0.29) is 19.0 Å². The third-order valence-corrected chi connectivity index (χ3v) is 4.47. The van der Waals surface area contributed by atoms with Crippen molar-refractivity contribution >= 4 is 38.5 Å². The first kappa shape index (κ1) is 13.9. The molecular formula is C17H12N2O3S. The first-order chi connectivity index (χ1) is 11.3. The highest BCUT2D eigenvalue weighted by Crippen LogP contribution is 2.22. The fourth-order valence-electron chi connectivity index (χ4n) is 2.38. The topological polar surface area (TPSA) is 65.2 Å². The first-order valence-corrected chi connectivity index (χ1v) is 7.94. The number of nitrogens with zero attached hydrogens (tertiary/aromatic N) is 2. The summed E-state index contributed by atoms with van der Waals surface area (Å²) in [6, 6.07) is 15.3. The Labute approximate surface area is 135 Å². The number of para-hydroxylation sites is 2. The Morgan fingerprint density at radius 1 is 1.13 bits per heavy atom. The molecule has 5 nitrogen and oxygen atoms in total. The molecule has 0 amide bonds. The maximum absolute atomic E-state index is 12.0. The van der Waals surface area contributed by atoms with E-state index in [1.165, 1.54) is 11.3 Å². The van der Waals surface area contributed by atoms with Crippen molar-refractivity contribution in [2.45, 2.75) is 13.0 Å². The molecule has 2 aromatic heterocycles. The summed E-state index contributed by atoms with van der Waals surface area (Å²) in [7, 11) is 0. The van der Waals surface area contributed by atoms with Gasteiger partial charge in [0.2, 0.25) is 0 Å². The van der Waals surface area contributed by atoms with Crippen molar-refractivity contribution in [2.24, 2.45) is 0 Å². The highest BCUT2D eigenvalue weighted by Gasteiger charge is 2.14. The standard InChI is InChI=1S/C17H12N2O3S/c20-17(9-13-11-5-1-3-7-14(11)22-19-13)21-10-16-18-12-6-2-4-8-15(12)23-16/h1-8H,9-10H2. The van der Waals surface area contributed by atoms with E-state index in [1.54, 1.807) is 0 Å². The van der Waals surface area contributed by atoms with E-state index in [1.807, 2.05) is 48.5 Å². The van der Waals surface area contributed by atoms with Gasteiger partial charge in [0.1, 0.15) is 17.3 Å². The fourth-order valence-corrected chi connectivity index (χ4v) is 3.26. The minimum atomic E-state index is -0.344. The largest absolute Gasteiger partial charge is 0.458 e. The molecule has 0 N–H and O–H groups in total. The Morgan fingerprint density at radius 2 is 1.96 bits per heavy atom. The zero-order valence-corrected chi connectivity index (χ0v) is 12.9. The monoisotopic (exact) mass is 324 g/mol. The number of ether oxygens (including phenoxy) is 1. The van der Waals surface area contributed by atoms with Crippen LogP contribution in [-0.2, 0) is 22.6 Å². The highest BCUT2D eigenvalue weighted by molar-refractivity contribution is 7.18. The van der Waals surface area contributed by atoms with E-state index < -0.39 is 0 Å². The maximum atomic E-state index is 12.0. The van der Waals surface area contributed by atoms with Gasteiger partial charge in [0.15, 0.2) is 5.58 Å².